The van der Waals surface area contributed by atoms with Gasteiger partial charge in [0, 0.05) is 9.95 Å². The second-order valence-corrected chi connectivity index (χ2v) is 3.79. The van der Waals surface area contributed by atoms with E-state index >= 15 is 0 Å². The van der Waals surface area contributed by atoms with E-state index in [0.717, 1.165) is 16.4 Å². The third-order valence-corrected chi connectivity index (χ3v) is 2.66. The fourth-order valence-electron chi connectivity index (χ4n) is 0.306. The van der Waals surface area contributed by atoms with E-state index in [9.17, 15) is 0 Å². The Kier molecular flexibility index (Phi) is 5.10. The third-order valence-electron chi connectivity index (χ3n) is 0.768. The van der Waals surface area contributed by atoms with Gasteiger partial charge in [-0.1, -0.05) is 31.3 Å². The summed E-state index contributed by atoms with van der Waals surface area (Å²) < 4.78 is 1.08. The zero-order valence-corrected chi connectivity index (χ0v) is 7.57. The maximum Gasteiger partial charge on any atom is 0.0478 e. The van der Waals surface area contributed by atoms with Gasteiger partial charge in [-0.25, -0.2) is 0 Å². The highest BCUT2D eigenvalue weighted by atomic mass is 32.2. The molecule has 0 spiro atoms. The van der Waals surface area contributed by atoms with Crippen molar-refractivity contribution in [2.75, 3.05) is 5.75 Å². The summed E-state index contributed by atoms with van der Waals surface area (Å²) >= 11 is 6.71. The normalized spacial score (nSPS) is 9.11. The second kappa shape index (κ2) is 5.00. The Morgan fingerprint density at radius 2 is 2.22 bits per heavy atom. The van der Waals surface area contributed by atoms with Gasteiger partial charge in [0.1, 0.15) is 0 Å². The molecule has 0 aromatic carbocycles. The molecule has 9 heavy (non-hydrogen) atoms. The Hall–Kier alpha value is 0.180. The van der Waals surface area contributed by atoms with Crippen LogP contribution in [0.25, 0.3) is 0 Å². The highest BCUT2D eigenvalue weighted by Crippen LogP contribution is 2.10. The number of thiocarbonyl (C=S) groups is 1. The zero-order valence-electron chi connectivity index (χ0n) is 5.94. The molecule has 0 aliphatic carbocycles. The van der Waals surface area contributed by atoms with E-state index in [2.05, 4.69) is 13.5 Å². The van der Waals surface area contributed by atoms with Crippen LogP contribution < -0.4 is 0 Å². The average Bonchev–Trinajstić information content (AvgIpc) is 1.83. The lowest BCUT2D eigenvalue weighted by Gasteiger charge is -1.97. The maximum atomic E-state index is 5.00. The molecule has 0 aromatic rings. The summed E-state index contributed by atoms with van der Waals surface area (Å²) in [6.45, 7) is 7.88. The molecule has 2 heteroatoms. The first-order chi connectivity index (χ1) is 4.16. The highest BCUT2D eigenvalue weighted by molar-refractivity contribution is 8.23. The lowest BCUT2D eigenvalue weighted by molar-refractivity contribution is 1.34. The summed E-state index contributed by atoms with van der Waals surface area (Å²) in [5.41, 5.74) is 1.19. The Morgan fingerprint density at radius 3 is 2.56 bits per heavy atom. The van der Waals surface area contributed by atoms with Crippen LogP contribution in [0.5, 0.6) is 0 Å². The van der Waals surface area contributed by atoms with Gasteiger partial charge in [-0.2, -0.15) is 0 Å². The molecule has 0 aliphatic heterocycles. The lowest BCUT2D eigenvalue weighted by Crippen LogP contribution is -1.86. The smallest absolute Gasteiger partial charge is 0.0478 e. The van der Waals surface area contributed by atoms with Crippen LogP contribution in [0.15, 0.2) is 12.2 Å². The van der Waals surface area contributed by atoms with Crippen LogP contribution >= 0.6 is 24.0 Å². The molecule has 0 nitrogen and oxygen atoms in total. The first kappa shape index (κ1) is 9.18. The van der Waals surface area contributed by atoms with Gasteiger partial charge < -0.3 is 0 Å². The van der Waals surface area contributed by atoms with E-state index in [0.29, 0.717) is 0 Å². The van der Waals surface area contributed by atoms with Crippen LogP contribution in [0.4, 0.5) is 0 Å². The number of hydrogen-bond acceptors (Lipinski definition) is 2. The molecule has 0 atom stereocenters. The van der Waals surface area contributed by atoms with Crippen molar-refractivity contribution in [3.8, 4) is 0 Å². The number of hydrogen-bond donors (Lipinski definition) is 0. The number of thioether (sulfide) groups is 1. The molecule has 0 saturated heterocycles. The summed E-state index contributed by atoms with van der Waals surface area (Å²) in [4.78, 5) is 0. The molecule has 0 rings (SSSR count). The van der Waals surface area contributed by atoms with E-state index in [1.54, 1.807) is 11.8 Å². The minimum atomic E-state index is 0.979. The molecule has 0 heterocycles. The van der Waals surface area contributed by atoms with Crippen molar-refractivity contribution in [2.45, 2.75) is 20.3 Å². The van der Waals surface area contributed by atoms with Crippen LogP contribution in [0.2, 0.25) is 0 Å². The van der Waals surface area contributed by atoms with Gasteiger partial charge in [0.05, 0.1) is 0 Å². The predicted octanol–water partition coefficient (Wildman–Crippen LogP) is 3.03. The van der Waals surface area contributed by atoms with E-state index in [4.69, 9.17) is 12.2 Å². The Morgan fingerprint density at radius 1 is 1.67 bits per heavy atom. The summed E-state index contributed by atoms with van der Waals surface area (Å²) in [5.74, 6) is 0.979. The fraction of sp³-hybridized carbons (Fsp3) is 0.571. The second-order valence-electron chi connectivity index (χ2n) is 1.97. The standard InChI is InChI=1S/C7H12S2/c1-4-7(8)9-5-6(2)3/h2,4-5H2,1,3H3. The third kappa shape index (κ3) is 6.06. The average molecular weight is 160 g/mol. The molecule has 0 N–H and O–H groups in total. The maximum absolute atomic E-state index is 5.00. The van der Waals surface area contributed by atoms with Crippen molar-refractivity contribution in [3.63, 3.8) is 0 Å². The molecular weight excluding hydrogens is 148 g/mol. The van der Waals surface area contributed by atoms with Gasteiger partial charge in [-0.3, -0.25) is 0 Å². The van der Waals surface area contributed by atoms with Crippen molar-refractivity contribution in [1.29, 1.82) is 0 Å². The Balaban J connectivity index is 3.28. The highest BCUT2D eigenvalue weighted by Gasteiger charge is 1.92. The van der Waals surface area contributed by atoms with Crippen molar-refractivity contribution in [2.24, 2.45) is 0 Å². The van der Waals surface area contributed by atoms with Crippen LogP contribution in [-0.4, -0.2) is 9.95 Å². The SMILES string of the molecule is C=C(C)CSC(=S)CC. The molecule has 0 bridgehead atoms. The summed E-state index contributed by atoms with van der Waals surface area (Å²) in [5, 5.41) is 0. The molecule has 0 radical (unpaired) electrons. The van der Waals surface area contributed by atoms with Gasteiger partial charge in [-0.15, -0.1) is 11.8 Å². The van der Waals surface area contributed by atoms with Crippen LogP contribution in [0.3, 0.4) is 0 Å². The minimum Gasteiger partial charge on any atom is -0.115 e. The Labute approximate surface area is 66.7 Å². The van der Waals surface area contributed by atoms with Crippen LogP contribution in [0, 0.1) is 0 Å². The molecule has 0 aliphatic rings. The van der Waals surface area contributed by atoms with E-state index in [1.807, 2.05) is 6.92 Å². The van der Waals surface area contributed by atoms with E-state index < -0.39 is 0 Å². The molecule has 0 unspecified atom stereocenters. The molecule has 0 amide bonds. The fourth-order valence-corrected chi connectivity index (χ4v) is 1.09. The topological polar surface area (TPSA) is 0 Å². The Bertz CT molecular complexity index is 116. The first-order valence-corrected chi connectivity index (χ1v) is 4.36. The molecular formula is C7H12S2. The molecule has 0 aromatic heterocycles. The first-order valence-electron chi connectivity index (χ1n) is 2.96. The van der Waals surface area contributed by atoms with Gasteiger partial charge in [0.2, 0.25) is 0 Å². The summed E-state index contributed by atoms with van der Waals surface area (Å²) in [6, 6.07) is 0. The molecule has 52 valence electrons. The zero-order chi connectivity index (χ0) is 7.28. The van der Waals surface area contributed by atoms with E-state index in [1.165, 1.54) is 5.57 Å². The lowest BCUT2D eigenvalue weighted by atomic mass is 10.4. The monoisotopic (exact) mass is 160 g/mol. The molecule has 0 fully saturated rings. The van der Waals surface area contributed by atoms with Gasteiger partial charge in [-0.05, 0) is 13.3 Å². The van der Waals surface area contributed by atoms with Crippen molar-refractivity contribution in [1.82, 2.24) is 0 Å². The van der Waals surface area contributed by atoms with Crippen LogP contribution in [-0.2, 0) is 0 Å². The number of rotatable bonds is 3. The van der Waals surface area contributed by atoms with E-state index in [-0.39, 0.29) is 0 Å². The largest absolute Gasteiger partial charge is 0.115 e. The quantitative estimate of drug-likeness (QED) is 0.460. The predicted molar refractivity (Wildman–Crippen MR) is 50.2 cm³/mol. The van der Waals surface area contributed by atoms with Crippen molar-refractivity contribution in [3.05, 3.63) is 12.2 Å². The minimum absolute atomic E-state index is 0.979. The van der Waals surface area contributed by atoms with Crippen LogP contribution in [0.1, 0.15) is 20.3 Å². The van der Waals surface area contributed by atoms with Gasteiger partial charge in [0.15, 0.2) is 0 Å². The van der Waals surface area contributed by atoms with Gasteiger partial charge in [0.25, 0.3) is 0 Å². The summed E-state index contributed by atoms with van der Waals surface area (Å²) in [7, 11) is 0. The van der Waals surface area contributed by atoms with Crippen molar-refractivity contribution >= 4 is 28.2 Å². The van der Waals surface area contributed by atoms with Crippen molar-refractivity contribution < 1.29 is 0 Å². The van der Waals surface area contributed by atoms with Gasteiger partial charge >= 0.3 is 0 Å². The summed E-state index contributed by atoms with van der Waals surface area (Å²) in [6.07, 6.45) is 0.993. The molecule has 0 saturated carbocycles.